The maximum Gasteiger partial charge on any atom is 0.242 e. The summed E-state index contributed by atoms with van der Waals surface area (Å²) in [6.07, 6.45) is 0.0947. The number of hydrogen-bond donors (Lipinski definition) is 1. The highest BCUT2D eigenvalue weighted by Crippen LogP contribution is 2.24. The van der Waals surface area contributed by atoms with E-state index in [1.165, 1.54) is 18.2 Å². The van der Waals surface area contributed by atoms with Gasteiger partial charge in [-0.25, -0.2) is 13.1 Å². The van der Waals surface area contributed by atoms with Crippen molar-refractivity contribution in [2.75, 3.05) is 6.54 Å². The molecule has 7 heteroatoms. The van der Waals surface area contributed by atoms with E-state index in [1.807, 2.05) is 6.07 Å². The van der Waals surface area contributed by atoms with Crippen molar-refractivity contribution in [3.8, 4) is 6.07 Å². The van der Waals surface area contributed by atoms with Crippen molar-refractivity contribution >= 4 is 33.2 Å². The second kappa shape index (κ2) is 5.51. The molecule has 0 spiro atoms. The van der Waals surface area contributed by atoms with Crippen LogP contribution in [0.1, 0.15) is 6.42 Å². The molecule has 0 bridgehead atoms. The van der Waals surface area contributed by atoms with E-state index in [-0.39, 0.29) is 27.9 Å². The second-order valence-electron chi connectivity index (χ2n) is 2.88. The summed E-state index contributed by atoms with van der Waals surface area (Å²) in [5, 5.41) is 8.67. The van der Waals surface area contributed by atoms with Crippen LogP contribution in [0.5, 0.6) is 0 Å². The molecule has 0 saturated carbocycles. The van der Waals surface area contributed by atoms with Crippen LogP contribution in [-0.4, -0.2) is 15.0 Å². The van der Waals surface area contributed by atoms with Crippen molar-refractivity contribution in [2.45, 2.75) is 11.3 Å². The minimum absolute atomic E-state index is 0.0433. The summed E-state index contributed by atoms with van der Waals surface area (Å²) >= 11 is 11.4. The summed E-state index contributed by atoms with van der Waals surface area (Å²) in [7, 11) is -3.70. The molecule has 4 nitrogen and oxygen atoms in total. The second-order valence-corrected chi connectivity index (χ2v) is 5.46. The van der Waals surface area contributed by atoms with E-state index < -0.39 is 10.0 Å². The van der Waals surface area contributed by atoms with E-state index in [1.54, 1.807) is 0 Å². The molecule has 0 heterocycles. The van der Waals surface area contributed by atoms with Crippen LogP contribution < -0.4 is 4.72 Å². The quantitative estimate of drug-likeness (QED) is 0.859. The Balaban J connectivity index is 2.99. The summed E-state index contributed by atoms with van der Waals surface area (Å²) in [6.45, 7) is 0.0433. The molecule has 0 saturated heterocycles. The lowest BCUT2D eigenvalue weighted by atomic mass is 10.4. The molecule has 0 amide bonds. The largest absolute Gasteiger partial charge is 0.242 e. The third-order valence-electron chi connectivity index (χ3n) is 1.71. The molecule has 1 rings (SSSR count). The van der Waals surface area contributed by atoms with Crippen LogP contribution in [-0.2, 0) is 10.0 Å². The van der Waals surface area contributed by atoms with Gasteiger partial charge < -0.3 is 0 Å². The van der Waals surface area contributed by atoms with Gasteiger partial charge in [0.15, 0.2) is 0 Å². The summed E-state index contributed by atoms with van der Waals surface area (Å²) in [5.74, 6) is 0. The van der Waals surface area contributed by atoms with Crippen LogP contribution in [0, 0.1) is 11.3 Å². The first-order chi connectivity index (χ1) is 7.47. The highest BCUT2D eigenvalue weighted by Gasteiger charge is 2.17. The zero-order valence-corrected chi connectivity index (χ0v) is 10.4. The molecule has 0 aromatic heterocycles. The number of nitrogens with zero attached hydrogens (tertiary/aromatic N) is 1. The van der Waals surface area contributed by atoms with Crippen molar-refractivity contribution in [1.82, 2.24) is 4.72 Å². The van der Waals surface area contributed by atoms with E-state index in [2.05, 4.69) is 4.72 Å². The Labute approximate surface area is 104 Å². The fourth-order valence-electron chi connectivity index (χ4n) is 1.00. The topological polar surface area (TPSA) is 70.0 Å². The van der Waals surface area contributed by atoms with Crippen molar-refractivity contribution < 1.29 is 8.42 Å². The number of halogens is 2. The van der Waals surface area contributed by atoms with E-state index in [0.29, 0.717) is 0 Å². The summed E-state index contributed by atoms with van der Waals surface area (Å²) in [5.41, 5.74) is 0. The van der Waals surface area contributed by atoms with E-state index in [9.17, 15) is 8.42 Å². The van der Waals surface area contributed by atoms with Gasteiger partial charge in [-0.2, -0.15) is 5.26 Å². The monoisotopic (exact) mass is 278 g/mol. The van der Waals surface area contributed by atoms with E-state index >= 15 is 0 Å². The van der Waals surface area contributed by atoms with Gasteiger partial charge in [-0.15, -0.1) is 0 Å². The van der Waals surface area contributed by atoms with Crippen molar-refractivity contribution in [1.29, 1.82) is 5.26 Å². The van der Waals surface area contributed by atoms with Gasteiger partial charge in [0, 0.05) is 18.0 Å². The molecule has 0 atom stereocenters. The van der Waals surface area contributed by atoms with Gasteiger partial charge in [0.1, 0.15) is 4.90 Å². The zero-order chi connectivity index (χ0) is 12.2. The average Bonchev–Trinajstić information content (AvgIpc) is 2.22. The Hall–Kier alpha value is -0.800. The number of rotatable bonds is 4. The Morgan fingerprint density at radius 3 is 2.69 bits per heavy atom. The first-order valence-corrected chi connectivity index (χ1v) is 6.53. The lowest BCUT2D eigenvalue weighted by Crippen LogP contribution is -2.24. The predicted molar refractivity (Wildman–Crippen MR) is 61.9 cm³/mol. The van der Waals surface area contributed by atoms with Gasteiger partial charge in [0.2, 0.25) is 10.0 Å². The maximum absolute atomic E-state index is 11.7. The Morgan fingerprint density at radius 1 is 1.38 bits per heavy atom. The summed E-state index contributed by atoms with van der Waals surface area (Å²) in [6, 6.07) is 6.00. The normalized spacial score (nSPS) is 11.1. The minimum Gasteiger partial charge on any atom is -0.210 e. The molecule has 0 fully saturated rings. The van der Waals surface area contributed by atoms with Crippen LogP contribution in [0.25, 0.3) is 0 Å². The summed E-state index contributed by atoms with van der Waals surface area (Å²) in [4.78, 5) is -0.0837. The van der Waals surface area contributed by atoms with Crippen LogP contribution in [0.15, 0.2) is 23.1 Å². The lowest BCUT2D eigenvalue weighted by Gasteiger charge is -2.07. The molecule has 0 unspecified atom stereocenters. The fourth-order valence-corrected chi connectivity index (χ4v) is 2.79. The molecule has 0 aliphatic carbocycles. The van der Waals surface area contributed by atoms with Crippen LogP contribution in [0.3, 0.4) is 0 Å². The van der Waals surface area contributed by atoms with Gasteiger partial charge in [-0.3, -0.25) is 0 Å². The molecular formula is C9H8Cl2N2O2S. The van der Waals surface area contributed by atoms with Gasteiger partial charge in [0.25, 0.3) is 0 Å². The van der Waals surface area contributed by atoms with Crippen LogP contribution in [0.2, 0.25) is 10.0 Å². The van der Waals surface area contributed by atoms with Gasteiger partial charge >= 0.3 is 0 Å². The van der Waals surface area contributed by atoms with Crippen LogP contribution in [0.4, 0.5) is 0 Å². The highest BCUT2D eigenvalue weighted by molar-refractivity contribution is 7.89. The molecular weight excluding hydrogens is 271 g/mol. The SMILES string of the molecule is N#CCCNS(=O)(=O)c1cc(Cl)ccc1Cl. The van der Waals surface area contributed by atoms with Crippen molar-refractivity contribution in [3.63, 3.8) is 0 Å². The molecule has 1 aromatic carbocycles. The Kier molecular flexibility index (Phi) is 4.56. The third kappa shape index (κ3) is 3.35. The molecule has 16 heavy (non-hydrogen) atoms. The first kappa shape index (κ1) is 13.3. The van der Waals surface area contributed by atoms with Crippen molar-refractivity contribution in [3.05, 3.63) is 28.2 Å². The van der Waals surface area contributed by atoms with E-state index in [0.717, 1.165) is 0 Å². The minimum atomic E-state index is -3.70. The Bertz CT molecular complexity index is 523. The lowest BCUT2D eigenvalue weighted by molar-refractivity contribution is 0.582. The average molecular weight is 279 g/mol. The molecule has 0 aliphatic heterocycles. The predicted octanol–water partition coefficient (Wildman–Crippen LogP) is 2.19. The number of benzene rings is 1. The number of nitriles is 1. The van der Waals surface area contributed by atoms with Gasteiger partial charge in [0.05, 0.1) is 11.1 Å². The number of sulfonamides is 1. The molecule has 0 radical (unpaired) electrons. The third-order valence-corrected chi connectivity index (χ3v) is 3.89. The first-order valence-electron chi connectivity index (χ1n) is 4.29. The van der Waals surface area contributed by atoms with Gasteiger partial charge in [-0.1, -0.05) is 23.2 Å². The van der Waals surface area contributed by atoms with E-state index in [4.69, 9.17) is 28.5 Å². The number of hydrogen-bond acceptors (Lipinski definition) is 3. The Morgan fingerprint density at radius 2 is 2.06 bits per heavy atom. The molecule has 1 N–H and O–H groups in total. The zero-order valence-electron chi connectivity index (χ0n) is 8.07. The highest BCUT2D eigenvalue weighted by atomic mass is 35.5. The molecule has 86 valence electrons. The summed E-state index contributed by atoms with van der Waals surface area (Å²) < 4.78 is 25.7. The van der Waals surface area contributed by atoms with Gasteiger partial charge in [-0.05, 0) is 18.2 Å². The standard InChI is InChI=1S/C9H8Cl2N2O2S/c10-7-2-3-8(11)9(6-7)16(14,15)13-5-1-4-12/h2-3,6,13H,1,5H2. The maximum atomic E-state index is 11.7. The van der Waals surface area contributed by atoms with Crippen molar-refractivity contribution in [2.24, 2.45) is 0 Å². The smallest absolute Gasteiger partial charge is 0.210 e. The molecule has 1 aromatic rings. The molecule has 0 aliphatic rings. The van der Waals surface area contributed by atoms with Crippen LogP contribution >= 0.6 is 23.2 Å². The fraction of sp³-hybridized carbons (Fsp3) is 0.222. The number of nitrogens with one attached hydrogen (secondary N) is 1.